The van der Waals surface area contributed by atoms with Crippen LogP contribution >= 0.6 is 34.7 Å². The van der Waals surface area contributed by atoms with Gasteiger partial charge in [0, 0.05) is 11.8 Å². The van der Waals surface area contributed by atoms with E-state index >= 15 is 0 Å². The zero-order valence-electron chi connectivity index (χ0n) is 8.13. The van der Waals surface area contributed by atoms with Crippen LogP contribution in [0.4, 0.5) is 0 Å². The maximum Gasteiger partial charge on any atom is 0.0931 e. The number of thiophene rings is 1. The molecule has 0 aliphatic carbocycles. The van der Waals surface area contributed by atoms with Crippen molar-refractivity contribution in [3.05, 3.63) is 21.3 Å². The molecule has 0 amide bonds. The second kappa shape index (κ2) is 4.88. The Labute approximate surface area is 98.2 Å². The van der Waals surface area contributed by atoms with E-state index in [0.29, 0.717) is 6.04 Å². The molecule has 1 aromatic rings. The van der Waals surface area contributed by atoms with Crippen LogP contribution in [0, 0.1) is 5.92 Å². The Kier molecular flexibility index (Phi) is 3.77. The molecule has 1 nitrogen and oxygen atoms in total. The summed E-state index contributed by atoms with van der Waals surface area (Å²) in [6.07, 6.45) is 1.17. The van der Waals surface area contributed by atoms with Crippen molar-refractivity contribution in [2.45, 2.75) is 12.5 Å². The standard InChI is InChI=1S/C10H14ClNS2/c1-12-9-6-13-5-8(9)2-7-3-10(11)14-4-7/h3-4,8-9,12H,2,5-6H2,1H3. The molecule has 0 spiro atoms. The lowest BCUT2D eigenvalue weighted by atomic mass is 9.97. The summed E-state index contributed by atoms with van der Waals surface area (Å²) < 4.78 is 0.909. The summed E-state index contributed by atoms with van der Waals surface area (Å²) in [5.74, 6) is 3.30. The van der Waals surface area contributed by atoms with Gasteiger partial charge in [0.1, 0.15) is 0 Å². The highest BCUT2D eigenvalue weighted by atomic mass is 35.5. The van der Waals surface area contributed by atoms with Gasteiger partial charge >= 0.3 is 0 Å². The van der Waals surface area contributed by atoms with E-state index in [0.717, 1.165) is 10.3 Å². The van der Waals surface area contributed by atoms with E-state index in [2.05, 4.69) is 23.8 Å². The molecular weight excluding hydrogens is 234 g/mol. The van der Waals surface area contributed by atoms with E-state index in [1.54, 1.807) is 11.3 Å². The zero-order chi connectivity index (χ0) is 9.97. The van der Waals surface area contributed by atoms with Crippen LogP contribution in [-0.2, 0) is 6.42 Å². The monoisotopic (exact) mass is 247 g/mol. The molecule has 1 aliphatic rings. The fraction of sp³-hybridized carbons (Fsp3) is 0.600. The van der Waals surface area contributed by atoms with Crippen molar-refractivity contribution in [2.24, 2.45) is 5.92 Å². The van der Waals surface area contributed by atoms with Gasteiger partial charge in [0.2, 0.25) is 0 Å². The first-order valence-electron chi connectivity index (χ1n) is 4.77. The molecule has 1 fully saturated rings. The minimum Gasteiger partial charge on any atom is -0.316 e. The third kappa shape index (κ3) is 2.45. The largest absolute Gasteiger partial charge is 0.316 e. The van der Waals surface area contributed by atoms with Gasteiger partial charge in [-0.25, -0.2) is 0 Å². The third-order valence-electron chi connectivity index (χ3n) is 2.69. The maximum atomic E-state index is 5.91. The number of halogens is 1. The molecule has 1 aromatic heterocycles. The van der Waals surface area contributed by atoms with Gasteiger partial charge in [-0.2, -0.15) is 11.8 Å². The van der Waals surface area contributed by atoms with E-state index in [9.17, 15) is 0 Å². The van der Waals surface area contributed by atoms with Crippen LogP contribution in [0.25, 0.3) is 0 Å². The molecule has 2 unspecified atom stereocenters. The molecule has 78 valence electrons. The second-order valence-corrected chi connectivity index (χ2v) is 6.27. The molecule has 2 rings (SSSR count). The molecule has 1 aliphatic heterocycles. The van der Waals surface area contributed by atoms with Crippen LogP contribution in [0.3, 0.4) is 0 Å². The molecule has 1 N–H and O–H groups in total. The van der Waals surface area contributed by atoms with E-state index in [-0.39, 0.29) is 0 Å². The van der Waals surface area contributed by atoms with Crippen LogP contribution in [0.15, 0.2) is 11.4 Å². The fourth-order valence-corrected chi connectivity index (χ4v) is 4.28. The summed E-state index contributed by atoms with van der Waals surface area (Å²) in [6, 6.07) is 2.78. The third-order valence-corrected chi connectivity index (χ3v) is 5.09. The number of hydrogen-bond acceptors (Lipinski definition) is 3. The Morgan fingerprint density at radius 2 is 2.43 bits per heavy atom. The van der Waals surface area contributed by atoms with E-state index in [1.807, 2.05) is 11.8 Å². The smallest absolute Gasteiger partial charge is 0.0931 e. The molecule has 2 atom stereocenters. The Balaban J connectivity index is 1.96. The van der Waals surface area contributed by atoms with Crippen molar-refractivity contribution >= 4 is 34.7 Å². The van der Waals surface area contributed by atoms with E-state index in [1.165, 1.54) is 23.5 Å². The second-order valence-electron chi connectivity index (χ2n) is 3.66. The van der Waals surface area contributed by atoms with Crippen molar-refractivity contribution in [1.29, 1.82) is 0 Å². The van der Waals surface area contributed by atoms with Crippen molar-refractivity contribution in [1.82, 2.24) is 5.32 Å². The fourth-order valence-electron chi connectivity index (χ4n) is 1.87. The first kappa shape index (κ1) is 10.8. The van der Waals surface area contributed by atoms with Gasteiger partial charge in [0.05, 0.1) is 4.34 Å². The molecule has 0 saturated carbocycles. The summed E-state index contributed by atoms with van der Waals surface area (Å²) >= 11 is 9.60. The van der Waals surface area contributed by atoms with Gasteiger partial charge < -0.3 is 5.32 Å². The summed E-state index contributed by atoms with van der Waals surface area (Å²) in [7, 11) is 2.06. The Morgan fingerprint density at radius 3 is 3.07 bits per heavy atom. The Bertz CT molecular complexity index is 300. The van der Waals surface area contributed by atoms with Crippen LogP contribution in [0.2, 0.25) is 4.34 Å². The van der Waals surface area contributed by atoms with Crippen molar-refractivity contribution in [3.63, 3.8) is 0 Å². The Hall–Kier alpha value is 0.300. The Morgan fingerprint density at radius 1 is 1.57 bits per heavy atom. The van der Waals surface area contributed by atoms with Gasteiger partial charge in [-0.15, -0.1) is 11.3 Å². The number of thioether (sulfide) groups is 1. The van der Waals surface area contributed by atoms with Gasteiger partial charge in [0.15, 0.2) is 0 Å². The van der Waals surface area contributed by atoms with Gasteiger partial charge in [0.25, 0.3) is 0 Å². The molecule has 0 bridgehead atoms. The number of rotatable bonds is 3. The topological polar surface area (TPSA) is 12.0 Å². The van der Waals surface area contributed by atoms with Crippen molar-refractivity contribution < 1.29 is 0 Å². The predicted molar refractivity (Wildman–Crippen MR) is 66.7 cm³/mol. The lowest BCUT2D eigenvalue weighted by molar-refractivity contribution is 0.454. The number of hydrogen-bond donors (Lipinski definition) is 1. The molecule has 2 heterocycles. The highest BCUT2D eigenvalue weighted by molar-refractivity contribution is 7.99. The highest BCUT2D eigenvalue weighted by Crippen LogP contribution is 2.29. The van der Waals surface area contributed by atoms with Gasteiger partial charge in [-0.05, 0) is 42.1 Å². The van der Waals surface area contributed by atoms with Crippen LogP contribution in [-0.4, -0.2) is 24.6 Å². The SMILES string of the molecule is CNC1CSCC1Cc1csc(Cl)c1. The molecule has 14 heavy (non-hydrogen) atoms. The minimum absolute atomic E-state index is 0.679. The summed E-state index contributed by atoms with van der Waals surface area (Å²) in [6.45, 7) is 0. The van der Waals surface area contributed by atoms with E-state index in [4.69, 9.17) is 11.6 Å². The van der Waals surface area contributed by atoms with Crippen LogP contribution < -0.4 is 5.32 Å². The predicted octanol–water partition coefficient (Wildman–Crippen LogP) is 2.90. The van der Waals surface area contributed by atoms with Crippen molar-refractivity contribution in [3.8, 4) is 0 Å². The van der Waals surface area contributed by atoms with E-state index < -0.39 is 0 Å². The quantitative estimate of drug-likeness (QED) is 0.882. The summed E-state index contributed by atoms with van der Waals surface area (Å²) in [4.78, 5) is 0. The molecular formula is C10H14ClNS2. The molecule has 4 heteroatoms. The molecule has 1 saturated heterocycles. The summed E-state index contributed by atoms with van der Waals surface area (Å²) in [5, 5.41) is 5.57. The maximum absolute atomic E-state index is 5.91. The first-order valence-corrected chi connectivity index (χ1v) is 7.18. The normalized spacial score (nSPS) is 27.0. The zero-order valence-corrected chi connectivity index (χ0v) is 10.5. The average molecular weight is 248 g/mol. The van der Waals surface area contributed by atoms with Crippen molar-refractivity contribution in [2.75, 3.05) is 18.6 Å². The number of nitrogens with one attached hydrogen (secondary N) is 1. The molecule has 0 radical (unpaired) electrons. The van der Waals surface area contributed by atoms with Crippen LogP contribution in [0.1, 0.15) is 5.56 Å². The lowest BCUT2D eigenvalue weighted by Gasteiger charge is -2.16. The molecule has 0 aromatic carbocycles. The minimum atomic E-state index is 0.679. The van der Waals surface area contributed by atoms with Gasteiger partial charge in [-0.3, -0.25) is 0 Å². The average Bonchev–Trinajstić information content (AvgIpc) is 2.76. The lowest BCUT2D eigenvalue weighted by Crippen LogP contribution is -2.33. The highest BCUT2D eigenvalue weighted by Gasteiger charge is 2.26. The summed E-state index contributed by atoms with van der Waals surface area (Å²) in [5.41, 5.74) is 1.40. The van der Waals surface area contributed by atoms with Crippen LogP contribution in [0.5, 0.6) is 0 Å². The first-order chi connectivity index (χ1) is 6.79. The van der Waals surface area contributed by atoms with Gasteiger partial charge in [-0.1, -0.05) is 11.6 Å².